The minimum absolute atomic E-state index is 0.303. The zero-order valence-corrected chi connectivity index (χ0v) is 15.7. The van der Waals surface area contributed by atoms with E-state index in [1.807, 2.05) is 25.1 Å². The summed E-state index contributed by atoms with van der Waals surface area (Å²) in [5, 5.41) is 13.4. The monoisotopic (exact) mass is 379 g/mol. The molecule has 0 radical (unpaired) electrons. The fourth-order valence-electron chi connectivity index (χ4n) is 3.17. The van der Waals surface area contributed by atoms with Crippen LogP contribution < -0.4 is 10.6 Å². The summed E-state index contributed by atoms with van der Waals surface area (Å²) >= 11 is 0. The number of hydrogen-bond acceptors (Lipinski definition) is 7. The summed E-state index contributed by atoms with van der Waals surface area (Å²) in [6.45, 7) is 3.13. The molecule has 1 aliphatic rings. The van der Waals surface area contributed by atoms with Crippen molar-refractivity contribution in [1.29, 1.82) is 0 Å². The first kappa shape index (κ1) is 17.8. The summed E-state index contributed by atoms with van der Waals surface area (Å²) in [5.41, 5.74) is 4.17. The van der Waals surface area contributed by atoms with Gasteiger partial charge in [-0.3, -0.25) is 10.1 Å². The van der Waals surface area contributed by atoms with E-state index in [2.05, 4.69) is 36.9 Å². The molecule has 9 heteroatoms. The molecule has 144 valence electrons. The van der Waals surface area contributed by atoms with Crippen molar-refractivity contribution in [1.82, 2.24) is 25.1 Å². The number of H-pyrrole nitrogens is 1. The summed E-state index contributed by atoms with van der Waals surface area (Å²) in [6, 6.07) is 8.00. The van der Waals surface area contributed by atoms with Crippen molar-refractivity contribution >= 4 is 29.2 Å². The highest BCUT2D eigenvalue weighted by Gasteiger charge is 2.21. The Hall–Kier alpha value is -3.62. The second-order valence-corrected chi connectivity index (χ2v) is 6.60. The van der Waals surface area contributed by atoms with Gasteiger partial charge < -0.3 is 20.3 Å². The molecule has 0 atom stereocenters. The number of carbonyl (C=O) groups excluding carboxylic acids is 1. The van der Waals surface area contributed by atoms with Gasteiger partial charge in [0.2, 0.25) is 0 Å². The van der Waals surface area contributed by atoms with Gasteiger partial charge in [0.05, 0.1) is 19.5 Å². The Kier molecular flexibility index (Phi) is 4.79. The van der Waals surface area contributed by atoms with Gasteiger partial charge in [0.25, 0.3) is 0 Å². The molecule has 3 N–H and O–H groups in total. The van der Waals surface area contributed by atoms with E-state index in [1.54, 1.807) is 17.3 Å². The quantitative estimate of drug-likeness (QED) is 0.639. The highest BCUT2D eigenvalue weighted by Crippen LogP contribution is 2.25. The highest BCUT2D eigenvalue weighted by molar-refractivity contribution is 5.68. The second-order valence-electron chi connectivity index (χ2n) is 6.60. The summed E-state index contributed by atoms with van der Waals surface area (Å²) in [5.74, 6) is 1.88. The van der Waals surface area contributed by atoms with Gasteiger partial charge in [-0.1, -0.05) is 6.07 Å². The minimum Gasteiger partial charge on any atom is -0.453 e. The van der Waals surface area contributed by atoms with Crippen LogP contribution in [0.1, 0.15) is 16.8 Å². The summed E-state index contributed by atoms with van der Waals surface area (Å²) < 4.78 is 4.83. The average molecular weight is 379 g/mol. The second kappa shape index (κ2) is 7.55. The molecule has 0 saturated carbocycles. The third-order valence-corrected chi connectivity index (χ3v) is 4.52. The van der Waals surface area contributed by atoms with Gasteiger partial charge in [-0.15, -0.1) is 0 Å². The lowest BCUT2D eigenvalue weighted by atomic mass is 9.99. The molecule has 3 aromatic rings. The Labute approximate surface area is 162 Å². The molecule has 4 rings (SSSR count). The molecule has 0 bridgehead atoms. The van der Waals surface area contributed by atoms with Gasteiger partial charge in [0.1, 0.15) is 0 Å². The third kappa shape index (κ3) is 3.88. The average Bonchev–Trinajstić information content (AvgIpc) is 3.11. The van der Waals surface area contributed by atoms with Gasteiger partial charge in [-0.05, 0) is 36.6 Å². The van der Waals surface area contributed by atoms with Gasteiger partial charge in [0.15, 0.2) is 17.5 Å². The number of anilines is 4. The number of nitrogens with one attached hydrogen (secondary N) is 3. The summed E-state index contributed by atoms with van der Waals surface area (Å²) in [6.07, 6.45) is 3.80. The summed E-state index contributed by atoms with van der Waals surface area (Å²) in [4.78, 5) is 22.2. The molecule has 0 aliphatic carbocycles. The van der Waals surface area contributed by atoms with Gasteiger partial charge >= 0.3 is 6.09 Å². The number of methoxy groups -OCH3 is 1. The number of benzene rings is 1. The maximum absolute atomic E-state index is 11.8. The van der Waals surface area contributed by atoms with E-state index in [1.165, 1.54) is 12.7 Å². The molecule has 1 aromatic carbocycles. The van der Waals surface area contributed by atoms with Crippen molar-refractivity contribution in [3.05, 3.63) is 53.5 Å². The number of aromatic amines is 1. The molecule has 0 saturated heterocycles. The fourth-order valence-corrected chi connectivity index (χ4v) is 3.17. The van der Waals surface area contributed by atoms with Crippen molar-refractivity contribution < 1.29 is 9.53 Å². The Morgan fingerprint density at radius 1 is 1.14 bits per heavy atom. The number of rotatable bonds is 4. The molecular formula is C19H21N7O2. The van der Waals surface area contributed by atoms with Crippen molar-refractivity contribution in [3.8, 4) is 0 Å². The first-order chi connectivity index (χ1) is 13.6. The molecule has 9 nitrogen and oxygen atoms in total. The van der Waals surface area contributed by atoms with E-state index in [0.717, 1.165) is 23.4 Å². The van der Waals surface area contributed by atoms with Crippen LogP contribution in [-0.4, -0.2) is 44.8 Å². The maximum Gasteiger partial charge on any atom is 0.409 e. The molecule has 2 aromatic heterocycles. The van der Waals surface area contributed by atoms with Crippen LogP contribution in [0.4, 0.5) is 27.9 Å². The van der Waals surface area contributed by atoms with Gasteiger partial charge in [-0.25, -0.2) is 9.78 Å². The number of aryl methyl sites for hydroxylation is 1. The maximum atomic E-state index is 11.8. The normalized spacial score (nSPS) is 13.0. The standard InChI is InChI=1S/C19H21N7O2/c1-12-7-16(25-24-12)22-18-10-20-9-17(23-18)21-15-4-3-13-5-6-26(19(27)28-2)11-14(13)8-15/h3-4,7-10H,5-6,11H2,1-2H3,(H3,21,22,23,24,25). The largest absolute Gasteiger partial charge is 0.453 e. The Balaban J connectivity index is 1.49. The van der Waals surface area contributed by atoms with Crippen LogP contribution in [0.5, 0.6) is 0 Å². The molecule has 28 heavy (non-hydrogen) atoms. The topological polar surface area (TPSA) is 108 Å². The van der Waals surface area contributed by atoms with Crippen LogP contribution in [0, 0.1) is 6.92 Å². The van der Waals surface area contributed by atoms with Crippen LogP contribution in [0.15, 0.2) is 36.7 Å². The van der Waals surface area contributed by atoms with Crippen LogP contribution in [0.2, 0.25) is 0 Å². The lowest BCUT2D eigenvalue weighted by Gasteiger charge is -2.28. The SMILES string of the molecule is COC(=O)N1CCc2ccc(Nc3cncc(Nc4cc(C)[nH]n4)n3)cc2C1. The van der Waals surface area contributed by atoms with Crippen LogP contribution >= 0.6 is 0 Å². The third-order valence-electron chi connectivity index (χ3n) is 4.52. The van der Waals surface area contributed by atoms with Gasteiger partial charge in [0, 0.05) is 30.5 Å². The van der Waals surface area contributed by atoms with E-state index >= 15 is 0 Å². The number of carbonyl (C=O) groups is 1. The van der Waals surface area contributed by atoms with Crippen LogP contribution in [0.25, 0.3) is 0 Å². The van der Waals surface area contributed by atoms with Gasteiger partial charge in [-0.2, -0.15) is 5.10 Å². The molecule has 1 aliphatic heterocycles. The number of nitrogens with zero attached hydrogens (tertiary/aromatic N) is 4. The number of ether oxygens (including phenoxy) is 1. The molecule has 1 amide bonds. The van der Waals surface area contributed by atoms with Crippen molar-refractivity contribution in [3.63, 3.8) is 0 Å². The number of hydrogen-bond donors (Lipinski definition) is 3. The molecule has 0 fully saturated rings. The van der Waals surface area contributed by atoms with E-state index in [0.29, 0.717) is 30.5 Å². The Bertz CT molecular complexity index is 1000. The van der Waals surface area contributed by atoms with Crippen molar-refractivity contribution in [2.24, 2.45) is 0 Å². The van der Waals surface area contributed by atoms with Crippen LogP contribution in [-0.2, 0) is 17.7 Å². The molecule has 3 heterocycles. The molecule has 0 spiro atoms. The lowest BCUT2D eigenvalue weighted by molar-refractivity contribution is 0.118. The minimum atomic E-state index is -0.303. The van der Waals surface area contributed by atoms with E-state index in [-0.39, 0.29) is 6.09 Å². The number of fused-ring (bicyclic) bond motifs is 1. The van der Waals surface area contributed by atoms with Crippen molar-refractivity contribution in [2.45, 2.75) is 19.9 Å². The summed E-state index contributed by atoms with van der Waals surface area (Å²) in [7, 11) is 1.40. The highest BCUT2D eigenvalue weighted by atomic mass is 16.5. The van der Waals surface area contributed by atoms with Crippen LogP contribution in [0.3, 0.4) is 0 Å². The van der Waals surface area contributed by atoms with E-state index < -0.39 is 0 Å². The predicted molar refractivity (Wildman–Crippen MR) is 105 cm³/mol. The predicted octanol–water partition coefficient (Wildman–Crippen LogP) is 3.12. The molecule has 0 unspecified atom stereocenters. The first-order valence-electron chi connectivity index (χ1n) is 8.93. The smallest absolute Gasteiger partial charge is 0.409 e. The van der Waals surface area contributed by atoms with E-state index in [4.69, 9.17) is 4.74 Å². The number of aromatic nitrogens is 4. The van der Waals surface area contributed by atoms with E-state index in [9.17, 15) is 4.79 Å². The zero-order chi connectivity index (χ0) is 19.5. The Morgan fingerprint density at radius 3 is 2.71 bits per heavy atom. The molecular weight excluding hydrogens is 358 g/mol. The number of amides is 1. The first-order valence-corrected chi connectivity index (χ1v) is 8.93. The fraction of sp³-hybridized carbons (Fsp3) is 0.263. The van der Waals surface area contributed by atoms with Crippen molar-refractivity contribution in [2.75, 3.05) is 24.3 Å². The lowest BCUT2D eigenvalue weighted by Crippen LogP contribution is -2.35. The Morgan fingerprint density at radius 2 is 1.96 bits per heavy atom. The zero-order valence-electron chi connectivity index (χ0n) is 15.7.